The summed E-state index contributed by atoms with van der Waals surface area (Å²) in [6.07, 6.45) is 0.953. The van der Waals surface area contributed by atoms with E-state index in [1.54, 1.807) is 0 Å². The number of rotatable bonds is 2. The zero-order valence-corrected chi connectivity index (χ0v) is 13.2. The second kappa shape index (κ2) is 3.65. The van der Waals surface area contributed by atoms with Gasteiger partial charge in [-0.15, -0.1) is 0 Å². The lowest BCUT2D eigenvalue weighted by Crippen LogP contribution is -2.30. The van der Waals surface area contributed by atoms with Gasteiger partial charge < -0.3 is 5.11 Å². The molecule has 1 heteroatoms. The third-order valence-electron chi connectivity index (χ3n) is 7.42. The molecule has 6 rings (SSSR count). The third kappa shape index (κ3) is 1.06. The van der Waals surface area contributed by atoms with Crippen molar-refractivity contribution in [3.05, 3.63) is 71.8 Å². The molecule has 0 heterocycles. The van der Waals surface area contributed by atoms with E-state index in [-0.39, 0.29) is 22.3 Å². The fourth-order valence-electron chi connectivity index (χ4n) is 6.78. The maximum Gasteiger partial charge on any atom is 0.0665 e. The third-order valence-corrected chi connectivity index (χ3v) is 7.42. The van der Waals surface area contributed by atoms with Gasteiger partial charge in [0.05, 0.1) is 6.10 Å². The predicted molar refractivity (Wildman–Crippen MR) is 87.6 cm³/mol. The summed E-state index contributed by atoms with van der Waals surface area (Å²) in [4.78, 5) is 0. The first-order valence-electron chi connectivity index (χ1n) is 8.36. The van der Waals surface area contributed by atoms with Gasteiger partial charge in [0.2, 0.25) is 0 Å². The Morgan fingerprint density at radius 1 is 0.909 bits per heavy atom. The molecule has 0 radical (unpaired) electrons. The maximum absolute atomic E-state index is 11.1. The zero-order valence-electron chi connectivity index (χ0n) is 13.2. The number of hydrogen-bond acceptors (Lipinski definition) is 1. The lowest BCUT2D eigenvalue weighted by atomic mass is 9.71. The first kappa shape index (κ1) is 12.9. The second-order valence-corrected chi connectivity index (χ2v) is 8.03. The molecule has 1 N–H and O–H groups in total. The van der Waals surface area contributed by atoms with Crippen molar-refractivity contribution in [1.82, 2.24) is 0 Å². The van der Waals surface area contributed by atoms with E-state index in [0.29, 0.717) is 11.8 Å². The largest absolute Gasteiger partial charge is 0.392 e. The summed E-state index contributed by atoms with van der Waals surface area (Å²) in [5.41, 5.74) is 3.01. The van der Waals surface area contributed by atoms with Gasteiger partial charge in [0, 0.05) is 22.2 Å². The molecule has 2 aromatic rings. The minimum absolute atomic E-state index is 0.0105. The van der Waals surface area contributed by atoms with Crippen LogP contribution in [0.25, 0.3) is 0 Å². The van der Waals surface area contributed by atoms with E-state index in [0.717, 1.165) is 6.42 Å². The molecule has 4 saturated carbocycles. The van der Waals surface area contributed by atoms with E-state index in [9.17, 15) is 5.11 Å². The summed E-state index contributed by atoms with van der Waals surface area (Å²) in [5.74, 6) is 1.04. The molecular formula is C21H22O. The summed E-state index contributed by atoms with van der Waals surface area (Å²) < 4.78 is 0. The first-order valence-corrected chi connectivity index (χ1v) is 8.36. The lowest BCUT2D eigenvalue weighted by Gasteiger charge is -2.32. The number of hydrogen-bond donors (Lipinski definition) is 1. The normalized spacial score (nSPS) is 47.7. The molecule has 112 valence electrons. The minimum Gasteiger partial charge on any atom is -0.392 e. The van der Waals surface area contributed by atoms with Crippen LogP contribution in [0.4, 0.5) is 0 Å². The number of benzene rings is 2. The zero-order chi connectivity index (χ0) is 15.2. The van der Waals surface area contributed by atoms with Crippen molar-refractivity contribution in [3.8, 4) is 0 Å². The molecule has 4 aliphatic rings. The van der Waals surface area contributed by atoms with Crippen LogP contribution in [0.3, 0.4) is 0 Å². The highest BCUT2D eigenvalue weighted by Crippen LogP contribution is 2.94. The topological polar surface area (TPSA) is 20.2 Å². The molecule has 6 atom stereocenters. The summed E-state index contributed by atoms with van der Waals surface area (Å²) in [6.45, 7) is 4.63. The van der Waals surface area contributed by atoms with Crippen LogP contribution in [0.2, 0.25) is 0 Å². The molecule has 0 aliphatic heterocycles. The maximum atomic E-state index is 11.1. The van der Waals surface area contributed by atoms with Gasteiger partial charge in [-0.1, -0.05) is 74.5 Å². The molecule has 2 aromatic carbocycles. The van der Waals surface area contributed by atoms with Crippen LogP contribution in [0, 0.1) is 16.7 Å². The van der Waals surface area contributed by atoms with Crippen LogP contribution in [-0.2, 0) is 5.41 Å². The monoisotopic (exact) mass is 290 g/mol. The van der Waals surface area contributed by atoms with Crippen molar-refractivity contribution in [2.24, 2.45) is 16.7 Å². The summed E-state index contributed by atoms with van der Waals surface area (Å²) in [7, 11) is 0. The van der Waals surface area contributed by atoms with Crippen LogP contribution < -0.4 is 0 Å². The molecule has 0 spiro atoms. The van der Waals surface area contributed by atoms with Gasteiger partial charge in [0.1, 0.15) is 0 Å². The number of aliphatic hydroxyl groups excluding tert-OH is 1. The van der Waals surface area contributed by atoms with E-state index in [1.165, 1.54) is 11.1 Å². The highest BCUT2D eigenvalue weighted by atomic mass is 16.3. The van der Waals surface area contributed by atoms with Gasteiger partial charge in [-0.2, -0.15) is 0 Å². The van der Waals surface area contributed by atoms with Gasteiger partial charge in [-0.25, -0.2) is 0 Å². The van der Waals surface area contributed by atoms with Crippen molar-refractivity contribution < 1.29 is 5.11 Å². The van der Waals surface area contributed by atoms with E-state index in [2.05, 4.69) is 74.5 Å². The van der Waals surface area contributed by atoms with Crippen LogP contribution >= 0.6 is 0 Å². The summed E-state index contributed by atoms with van der Waals surface area (Å²) in [5, 5.41) is 11.1. The Hall–Kier alpha value is -1.60. The second-order valence-electron chi connectivity index (χ2n) is 8.03. The van der Waals surface area contributed by atoms with Gasteiger partial charge >= 0.3 is 0 Å². The lowest BCUT2D eigenvalue weighted by molar-refractivity contribution is 0.0424. The van der Waals surface area contributed by atoms with E-state index in [4.69, 9.17) is 0 Å². The molecule has 4 fully saturated rings. The molecule has 0 aromatic heterocycles. The molecular weight excluding hydrogens is 268 g/mol. The summed E-state index contributed by atoms with van der Waals surface area (Å²) in [6, 6.07) is 21.8. The van der Waals surface area contributed by atoms with Gasteiger partial charge in [-0.3, -0.25) is 0 Å². The van der Waals surface area contributed by atoms with Crippen molar-refractivity contribution in [1.29, 1.82) is 0 Å². The van der Waals surface area contributed by atoms with Crippen LogP contribution in [0.15, 0.2) is 60.7 Å². The number of aliphatic hydroxyl groups is 1. The molecule has 0 unspecified atom stereocenters. The van der Waals surface area contributed by atoms with Crippen LogP contribution in [0.5, 0.6) is 0 Å². The average molecular weight is 290 g/mol. The van der Waals surface area contributed by atoms with E-state index in [1.807, 2.05) is 0 Å². The average Bonchev–Trinajstić information content (AvgIpc) is 2.77. The molecule has 4 bridgehead atoms. The van der Waals surface area contributed by atoms with Crippen molar-refractivity contribution in [3.63, 3.8) is 0 Å². The highest BCUT2D eigenvalue weighted by molar-refractivity contribution is 5.58. The molecule has 22 heavy (non-hydrogen) atoms. The van der Waals surface area contributed by atoms with Gasteiger partial charge in [0.15, 0.2) is 0 Å². The Bertz CT molecular complexity index is 735. The Kier molecular flexibility index (Phi) is 2.14. The first-order chi connectivity index (χ1) is 10.6. The SMILES string of the molecule is C[C@@]12C[C@H]3[C@](C)([C@H]1O)[C@]3(c1ccccc1)[C@@H]2c1ccccc1. The molecule has 4 aliphatic carbocycles. The Balaban J connectivity index is 1.78. The van der Waals surface area contributed by atoms with Gasteiger partial charge in [0.25, 0.3) is 0 Å². The van der Waals surface area contributed by atoms with Crippen LogP contribution in [0.1, 0.15) is 37.3 Å². The van der Waals surface area contributed by atoms with E-state index < -0.39 is 0 Å². The quantitative estimate of drug-likeness (QED) is 0.881. The minimum atomic E-state index is -0.199. The Labute approximate surface area is 132 Å². The van der Waals surface area contributed by atoms with E-state index >= 15 is 0 Å². The molecule has 0 amide bonds. The predicted octanol–water partition coefficient (Wildman–Crippen LogP) is 4.13. The van der Waals surface area contributed by atoms with Gasteiger partial charge in [-0.05, 0) is 23.5 Å². The van der Waals surface area contributed by atoms with Crippen molar-refractivity contribution in [2.45, 2.75) is 37.7 Å². The fraction of sp³-hybridized carbons (Fsp3) is 0.429. The smallest absolute Gasteiger partial charge is 0.0665 e. The van der Waals surface area contributed by atoms with Crippen LogP contribution in [-0.4, -0.2) is 11.2 Å². The standard InChI is InChI=1S/C21H22O/c1-19-13-16-20(2,18(19)22)21(16,15-11-7-4-8-12-15)17(19)14-9-5-3-6-10-14/h3-12,16-18,22H,13H2,1-2H3/t16-,17+,18-,19-,20+,21-/m0/s1. The van der Waals surface area contributed by atoms with Crippen molar-refractivity contribution in [2.75, 3.05) is 0 Å². The Morgan fingerprint density at radius 2 is 1.50 bits per heavy atom. The van der Waals surface area contributed by atoms with Crippen molar-refractivity contribution >= 4 is 0 Å². The Morgan fingerprint density at radius 3 is 2.05 bits per heavy atom. The fourth-order valence-corrected chi connectivity index (χ4v) is 6.78. The highest BCUT2D eigenvalue weighted by Gasteiger charge is 2.93. The summed E-state index contributed by atoms with van der Waals surface area (Å²) >= 11 is 0. The molecule has 1 nitrogen and oxygen atoms in total. The molecule has 0 saturated heterocycles.